The summed E-state index contributed by atoms with van der Waals surface area (Å²) in [5.41, 5.74) is 0.0382. The molecule has 1 atom stereocenters. The number of hydrogen-bond donors (Lipinski definition) is 0. The first-order chi connectivity index (χ1) is 4.22. The van der Waals surface area contributed by atoms with Gasteiger partial charge in [-0.2, -0.15) is 0 Å². The molecule has 2 rings (SSSR count). The second kappa shape index (κ2) is 1.31. The zero-order valence-corrected chi connectivity index (χ0v) is 5.52. The van der Waals surface area contributed by atoms with Crippen LogP contribution < -0.4 is 0 Å². The Bertz CT molecular complexity index is 158. The molecular weight excluding hydrogens is 116 g/mol. The molecule has 1 aliphatic carbocycles. The molecule has 2 fully saturated rings. The van der Waals surface area contributed by atoms with Gasteiger partial charge in [0.05, 0.1) is 5.92 Å². The molecule has 0 bridgehead atoms. The highest BCUT2D eigenvalue weighted by Crippen LogP contribution is 2.49. The SMILES string of the molecule is CC1CC2(CC2)OC1=O. The first kappa shape index (κ1) is 5.27. The fraction of sp³-hybridized carbons (Fsp3) is 0.857. The average Bonchev–Trinajstić information content (AvgIpc) is 2.42. The lowest BCUT2D eigenvalue weighted by Crippen LogP contribution is -2.05. The number of carbonyl (C=O) groups excluding carboxylic acids is 1. The molecule has 1 saturated heterocycles. The largest absolute Gasteiger partial charge is 0.459 e. The van der Waals surface area contributed by atoms with Crippen LogP contribution in [0.5, 0.6) is 0 Å². The third kappa shape index (κ3) is 0.655. The van der Waals surface area contributed by atoms with E-state index in [1.807, 2.05) is 6.92 Å². The van der Waals surface area contributed by atoms with E-state index < -0.39 is 0 Å². The van der Waals surface area contributed by atoms with Crippen molar-refractivity contribution in [3.63, 3.8) is 0 Å². The fourth-order valence-corrected chi connectivity index (χ4v) is 1.44. The highest BCUT2D eigenvalue weighted by Gasteiger charge is 2.53. The minimum absolute atomic E-state index is 0.00694. The van der Waals surface area contributed by atoms with E-state index in [9.17, 15) is 4.79 Å². The fourth-order valence-electron chi connectivity index (χ4n) is 1.44. The van der Waals surface area contributed by atoms with Crippen molar-refractivity contribution >= 4 is 5.97 Å². The molecule has 9 heavy (non-hydrogen) atoms. The van der Waals surface area contributed by atoms with E-state index in [2.05, 4.69) is 0 Å². The first-order valence-corrected chi connectivity index (χ1v) is 3.45. The van der Waals surface area contributed by atoms with Crippen LogP contribution >= 0.6 is 0 Å². The van der Waals surface area contributed by atoms with Gasteiger partial charge in [0, 0.05) is 6.42 Å². The van der Waals surface area contributed by atoms with Gasteiger partial charge in [0.15, 0.2) is 0 Å². The maximum Gasteiger partial charge on any atom is 0.309 e. The molecule has 1 aliphatic heterocycles. The van der Waals surface area contributed by atoms with Crippen LogP contribution in [0.3, 0.4) is 0 Å². The Kier molecular flexibility index (Phi) is 0.765. The molecule has 0 amide bonds. The molecular formula is C7H10O2. The van der Waals surface area contributed by atoms with Crippen molar-refractivity contribution in [1.29, 1.82) is 0 Å². The van der Waals surface area contributed by atoms with E-state index in [0.717, 1.165) is 19.3 Å². The second-order valence-corrected chi connectivity index (χ2v) is 3.21. The molecule has 2 nitrogen and oxygen atoms in total. The lowest BCUT2D eigenvalue weighted by atomic mass is 10.1. The maximum absolute atomic E-state index is 10.8. The van der Waals surface area contributed by atoms with Crippen molar-refractivity contribution in [3.05, 3.63) is 0 Å². The summed E-state index contributed by atoms with van der Waals surface area (Å²) in [6.45, 7) is 1.94. The van der Waals surface area contributed by atoms with Crippen LogP contribution in [-0.2, 0) is 9.53 Å². The minimum Gasteiger partial charge on any atom is -0.459 e. The van der Waals surface area contributed by atoms with E-state index in [1.165, 1.54) is 0 Å². The number of rotatable bonds is 0. The van der Waals surface area contributed by atoms with E-state index >= 15 is 0 Å². The van der Waals surface area contributed by atoms with E-state index in [0.29, 0.717) is 0 Å². The van der Waals surface area contributed by atoms with Crippen molar-refractivity contribution in [2.45, 2.75) is 31.8 Å². The summed E-state index contributed by atoms with van der Waals surface area (Å²) in [4.78, 5) is 10.8. The highest BCUT2D eigenvalue weighted by molar-refractivity contribution is 5.75. The topological polar surface area (TPSA) is 26.3 Å². The van der Waals surface area contributed by atoms with E-state index in [1.54, 1.807) is 0 Å². The van der Waals surface area contributed by atoms with Crippen molar-refractivity contribution in [2.24, 2.45) is 5.92 Å². The molecule has 2 heteroatoms. The van der Waals surface area contributed by atoms with Crippen LogP contribution in [0.4, 0.5) is 0 Å². The van der Waals surface area contributed by atoms with Gasteiger partial charge in [0.25, 0.3) is 0 Å². The Hall–Kier alpha value is -0.530. The van der Waals surface area contributed by atoms with Crippen LogP contribution in [0.25, 0.3) is 0 Å². The monoisotopic (exact) mass is 126 g/mol. The van der Waals surface area contributed by atoms with Gasteiger partial charge >= 0.3 is 5.97 Å². The average molecular weight is 126 g/mol. The summed E-state index contributed by atoms with van der Waals surface area (Å²) in [5.74, 6) is 0.167. The molecule has 1 unspecified atom stereocenters. The van der Waals surface area contributed by atoms with Crippen molar-refractivity contribution in [3.8, 4) is 0 Å². The predicted octanol–water partition coefficient (Wildman–Crippen LogP) is 1.10. The summed E-state index contributed by atoms with van der Waals surface area (Å²) in [6.07, 6.45) is 3.16. The Morgan fingerprint density at radius 1 is 1.67 bits per heavy atom. The van der Waals surface area contributed by atoms with Crippen molar-refractivity contribution in [1.82, 2.24) is 0 Å². The molecule has 1 saturated carbocycles. The third-order valence-electron chi connectivity index (χ3n) is 2.21. The van der Waals surface area contributed by atoms with Crippen LogP contribution in [0.15, 0.2) is 0 Å². The van der Waals surface area contributed by atoms with E-state index in [4.69, 9.17) is 4.74 Å². The number of esters is 1. The number of ether oxygens (including phenoxy) is 1. The smallest absolute Gasteiger partial charge is 0.309 e. The standard InChI is InChI=1S/C7H10O2/c1-5-4-7(2-3-7)9-6(5)8/h5H,2-4H2,1H3. The number of hydrogen-bond acceptors (Lipinski definition) is 2. The Labute approximate surface area is 54.2 Å². The van der Waals surface area contributed by atoms with Crippen molar-refractivity contribution < 1.29 is 9.53 Å². The Morgan fingerprint density at radius 2 is 2.33 bits per heavy atom. The van der Waals surface area contributed by atoms with Gasteiger partial charge in [-0.25, -0.2) is 0 Å². The lowest BCUT2D eigenvalue weighted by Gasteiger charge is -2.00. The molecule has 1 heterocycles. The molecule has 0 aromatic carbocycles. The van der Waals surface area contributed by atoms with Gasteiger partial charge < -0.3 is 4.74 Å². The second-order valence-electron chi connectivity index (χ2n) is 3.21. The van der Waals surface area contributed by atoms with Gasteiger partial charge in [-0.15, -0.1) is 0 Å². The van der Waals surface area contributed by atoms with Crippen LogP contribution in [0, 0.1) is 5.92 Å². The van der Waals surface area contributed by atoms with Crippen LogP contribution in [0.2, 0.25) is 0 Å². The van der Waals surface area contributed by atoms with Gasteiger partial charge in [-0.1, -0.05) is 6.92 Å². The molecule has 0 aromatic rings. The van der Waals surface area contributed by atoms with Gasteiger partial charge in [0.2, 0.25) is 0 Å². The van der Waals surface area contributed by atoms with E-state index in [-0.39, 0.29) is 17.5 Å². The molecule has 0 aromatic heterocycles. The minimum atomic E-state index is 0.00694. The third-order valence-corrected chi connectivity index (χ3v) is 2.21. The van der Waals surface area contributed by atoms with Crippen molar-refractivity contribution in [2.75, 3.05) is 0 Å². The highest BCUT2D eigenvalue weighted by atomic mass is 16.6. The quantitative estimate of drug-likeness (QED) is 0.454. The summed E-state index contributed by atoms with van der Waals surface area (Å²) >= 11 is 0. The number of carbonyl (C=O) groups is 1. The predicted molar refractivity (Wildman–Crippen MR) is 31.8 cm³/mol. The molecule has 2 aliphatic rings. The first-order valence-electron chi connectivity index (χ1n) is 3.45. The lowest BCUT2D eigenvalue weighted by molar-refractivity contribution is -0.145. The summed E-state index contributed by atoms with van der Waals surface area (Å²) < 4.78 is 5.13. The Balaban J connectivity index is 2.14. The molecule has 50 valence electrons. The summed E-state index contributed by atoms with van der Waals surface area (Å²) in [5, 5.41) is 0. The van der Waals surface area contributed by atoms with Gasteiger partial charge in [-0.05, 0) is 12.8 Å². The van der Waals surface area contributed by atoms with Crippen LogP contribution in [0.1, 0.15) is 26.2 Å². The van der Waals surface area contributed by atoms with Gasteiger partial charge in [0.1, 0.15) is 5.60 Å². The Morgan fingerprint density at radius 3 is 2.56 bits per heavy atom. The van der Waals surface area contributed by atoms with Gasteiger partial charge in [-0.3, -0.25) is 4.79 Å². The van der Waals surface area contributed by atoms with Crippen LogP contribution in [-0.4, -0.2) is 11.6 Å². The zero-order valence-electron chi connectivity index (χ0n) is 5.52. The molecule has 0 radical (unpaired) electrons. The molecule has 1 spiro atoms. The maximum atomic E-state index is 10.8. The zero-order chi connectivity index (χ0) is 6.48. The summed E-state index contributed by atoms with van der Waals surface area (Å²) in [7, 11) is 0. The molecule has 0 N–H and O–H groups in total. The normalized spacial score (nSPS) is 37.0. The summed E-state index contributed by atoms with van der Waals surface area (Å²) in [6, 6.07) is 0.